The van der Waals surface area contributed by atoms with E-state index in [1.807, 2.05) is 6.07 Å². The van der Waals surface area contributed by atoms with Crippen LogP contribution < -0.4 is 5.32 Å². The van der Waals surface area contributed by atoms with Crippen molar-refractivity contribution in [2.24, 2.45) is 5.92 Å². The molecule has 118 valence electrons. The average molecular weight is 329 g/mol. The topological polar surface area (TPSA) is 49.4 Å². The van der Waals surface area contributed by atoms with E-state index in [9.17, 15) is 8.42 Å². The SMILES string of the molecule is CC(C)CN(C1CC1)S(=O)(=O)c1csc(CNC2CC2)c1. The van der Waals surface area contributed by atoms with Crippen molar-refractivity contribution < 1.29 is 8.42 Å². The Morgan fingerprint density at radius 3 is 2.62 bits per heavy atom. The smallest absolute Gasteiger partial charge is 0.244 e. The Hall–Kier alpha value is -0.430. The molecule has 6 heteroatoms. The molecule has 2 aliphatic carbocycles. The highest BCUT2D eigenvalue weighted by atomic mass is 32.2. The molecular weight excluding hydrogens is 304 g/mol. The van der Waals surface area contributed by atoms with Crippen LogP contribution in [-0.2, 0) is 16.6 Å². The number of sulfonamides is 1. The van der Waals surface area contributed by atoms with Crippen molar-refractivity contribution in [1.82, 2.24) is 9.62 Å². The van der Waals surface area contributed by atoms with E-state index in [-0.39, 0.29) is 6.04 Å². The van der Waals surface area contributed by atoms with E-state index in [1.54, 1.807) is 21.0 Å². The molecule has 1 aromatic rings. The van der Waals surface area contributed by atoms with Gasteiger partial charge in [0.25, 0.3) is 0 Å². The van der Waals surface area contributed by atoms with Gasteiger partial charge in [0.15, 0.2) is 0 Å². The quantitative estimate of drug-likeness (QED) is 0.798. The first-order valence-corrected chi connectivity index (χ1v) is 10.1. The number of nitrogens with zero attached hydrogens (tertiary/aromatic N) is 1. The fourth-order valence-electron chi connectivity index (χ4n) is 2.42. The molecule has 21 heavy (non-hydrogen) atoms. The summed E-state index contributed by atoms with van der Waals surface area (Å²) in [6.07, 6.45) is 4.51. The fourth-order valence-corrected chi connectivity index (χ4v) is 5.48. The number of nitrogens with one attached hydrogen (secondary N) is 1. The van der Waals surface area contributed by atoms with Crippen molar-refractivity contribution in [2.45, 2.75) is 63.1 Å². The molecule has 0 unspecified atom stereocenters. The van der Waals surface area contributed by atoms with Crippen LogP contribution in [0.2, 0.25) is 0 Å². The molecule has 1 heterocycles. The zero-order chi connectivity index (χ0) is 15.0. The van der Waals surface area contributed by atoms with Crippen LogP contribution >= 0.6 is 11.3 Å². The molecule has 4 nitrogen and oxygen atoms in total. The van der Waals surface area contributed by atoms with Crippen LogP contribution in [0.4, 0.5) is 0 Å². The van der Waals surface area contributed by atoms with Crippen molar-refractivity contribution >= 4 is 21.4 Å². The summed E-state index contributed by atoms with van der Waals surface area (Å²) < 4.78 is 27.4. The van der Waals surface area contributed by atoms with Crippen molar-refractivity contribution in [2.75, 3.05) is 6.54 Å². The van der Waals surface area contributed by atoms with Gasteiger partial charge in [-0.2, -0.15) is 4.31 Å². The summed E-state index contributed by atoms with van der Waals surface area (Å²) in [6, 6.07) is 2.73. The molecule has 0 aromatic carbocycles. The van der Waals surface area contributed by atoms with Crippen LogP contribution in [-0.4, -0.2) is 31.4 Å². The first-order valence-electron chi connectivity index (χ1n) is 7.79. The molecule has 0 atom stereocenters. The van der Waals surface area contributed by atoms with Gasteiger partial charge in [-0.05, 0) is 37.7 Å². The minimum Gasteiger partial charge on any atom is -0.309 e. The van der Waals surface area contributed by atoms with Crippen molar-refractivity contribution in [3.05, 3.63) is 16.3 Å². The van der Waals surface area contributed by atoms with Gasteiger partial charge in [0.1, 0.15) is 0 Å². The second-order valence-corrected chi connectivity index (χ2v) is 9.49. The van der Waals surface area contributed by atoms with E-state index in [4.69, 9.17) is 0 Å². The lowest BCUT2D eigenvalue weighted by atomic mass is 10.2. The predicted molar refractivity (Wildman–Crippen MR) is 85.9 cm³/mol. The maximum atomic E-state index is 12.8. The van der Waals surface area contributed by atoms with Crippen molar-refractivity contribution in [1.29, 1.82) is 0 Å². The Bertz CT molecular complexity index is 587. The summed E-state index contributed by atoms with van der Waals surface area (Å²) in [6.45, 7) is 5.56. The molecule has 0 radical (unpaired) electrons. The third kappa shape index (κ3) is 3.86. The number of thiophene rings is 1. The maximum Gasteiger partial charge on any atom is 0.244 e. The summed E-state index contributed by atoms with van der Waals surface area (Å²) in [5.41, 5.74) is 0. The lowest BCUT2D eigenvalue weighted by molar-refractivity contribution is 0.360. The summed E-state index contributed by atoms with van der Waals surface area (Å²) in [5.74, 6) is 0.356. The number of hydrogen-bond donors (Lipinski definition) is 1. The molecule has 0 amide bonds. The Morgan fingerprint density at radius 2 is 2.05 bits per heavy atom. The van der Waals surface area contributed by atoms with Gasteiger partial charge in [-0.3, -0.25) is 0 Å². The molecule has 2 aliphatic rings. The normalized spacial score (nSPS) is 19.6. The molecule has 1 aromatic heterocycles. The van der Waals surface area contributed by atoms with E-state index in [0.29, 0.717) is 23.4 Å². The zero-order valence-electron chi connectivity index (χ0n) is 12.7. The van der Waals surface area contributed by atoms with Crippen molar-refractivity contribution in [3.63, 3.8) is 0 Å². The van der Waals surface area contributed by atoms with Crippen molar-refractivity contribution in [3.8, 4) is 0 Å². The Balaban J connectivity index is 1.72. The summed E-state index contributed by atoms with van der Waals surface area (Å²) >= 11 is 1.55. The Morgan fingerprint density at radius 1 is 1.33 bits per heavy atom. The van der Waals surface area contributed by atoms with Gasteiger partial charge in [0.05, 0.1) is 4.90 Å². The molecule has 3 rings (SSSR count). The van der Waals surface area contributed by atoms with E-state index in [0.717, 1.165) is 24.3 Å². The van der Waals surface area contributed by atoms with Gasteiger partial charge in [-0.25, -0.2) is 8.42 Å². The van der Waals surface area contributed by atoms with Gasteiger partial charge in [-0.15, -0.1) is 11.3 Å². The Kier molecular flexibility index (Phi) is 4.41. The minimum atomic E-state index is -3.32. The predicted octanol–water partition coefficient (Wildman–Crippen LogP) is 2.81. The second-order valence-electron chi connectivity index (χ2n) is 6.60. The van der Waals surface area contributed by atoms with E-state index < -0.39 is 10.0 Å². The standard InChI is InChI=1S/C15H24N2O2S2/c1-11(2)9-17(13-5-6-13)21(18,19)15-7-14(20-10-15)8-16-12-3-4-12/h7,10-13,16H,3-6,8-9H2,1-2H3. The monoisotopic (exact) mass is 328 g/mol. The highest BCUT2D eigenvalue weighted by Gasteiger charge is 2.38. The van der Waals surface area contributed by atoms with E-state index in [2.05, 4.69) is 19.2 Å². The van der Waals surface area contributed by atoms with E-state index >= 15 is 0 Å². The minimum absolute atomic E-state index is 0.227. The molecule has 0 bridgehead atoms. The molecular formula is C15H24N2O2S2. The van der Waals surface area contributed by atoms with Gasteiger partial charge in [-0.1, -0.05) is 13.8 Å². The van der Waals surface area contributed by atoms with Crippen LogP contribution in [0, 0.1) is 5.92 Å². The number of rotatable bonds is 8. The highest BCUT2D eigenvalue weighted by molar-refractivity contribution is 7.89. The largest absolute Gasteiger partial charge is 0.309 e. The lowest BCUT2D eigenvalue weighted by Crippen LogP contribution is -2.35. The summed E-state index contributed by atoms with van der Waals surface area (Å²) in [4.78, 5) is 1.59. The maximum absolute atomic E-state index is 12.8. The molecule has 1 N–H and O–H groups in total. The van der Waals surface area contributed by atoms with Gasteiger partial charge in [0, 0.05) is 35.4 Å². The van der Waals surface area contributed by atoms with Crippen LogP contribution in [0.5, 0.6) is 0 Å². The third-order valence-electron chi connectivity index (χ3n) is 3.88. The van der Waals surface area contributed by atoms with Gasteiger partial charge < -0.3 is 5.32 Å². The van der Waals surface area contributed by atoms with Crippen LogP contribution in [0.15, 0.2) is 16.3 Å². The van der Waals surface area contributed by atoms with Crippen LogP contribution in [0.3, 0.4) is 0 Å². The molecule has 0 saturated heterocycles. The van der Waals surface area contributed by atoms with Crippen LogP contribution in [0.25, 0.3) is 0 Å². The fraction of sp³-hybridized carbons (Fsp3) is 0.733. The molecule has 0 spiro atoms. The zero-order valence-corrected chi connectivity index (χ0v) is 14.3. The summed E-state index contributed by atoms with van der Waals surface area (Å²) in [7, 11) is -3.32. The van der Waals surface area contributed by atoms with Crippen LogP contribution in [0.1, 0.15) is 44.4 Å². The third-order valence-corrected chi connectivity index (χ3v) is 6.86. The molecule has 0 aliphatic heterocycles. The van der Waals surface area contributed by atoms with E-state index in [1.165, 1.54) is 12.8 Å². The first kappa shape index (κ1) is 15.5. The van der Waals surface area contributed by atoms with Gasteiger partial charge >= 0.3 is 0 Å². The highest BCUT2D eigenvalue weighted by Crippen LogP contribution is 2.34. The lowest BCUT2D eigenvalue weighted by Gasteiger charge is -2.23. The molecule has 2 fully saturated rings. The average Bonchev–Trinajstić information content (AvgIpc) is 3.33. The summed E-state index contributed by atoms with van der Waals surface area (Å²) in [5, 5.41) is 5.24. The Labute approximate surface area is 131 Å². The van der Waals surface area contributed by atoms with Gasteiger partial charge in [0.2, 0.25) is 10.0 Å². The number of hydrogen-bond acceptors (Lipinski definition) is 4. The molecule has 2 saturated carbocycles. The first-order chi connectivity index (χ1) is 9.96. The second kappa shape index (κ2) is 5.99.